The topological polar surface area (TPSA) is 24.1 Å². The summed E-state index contributed by atoms with van der Waals surface area (Å²) in [4.78, 5) is 0. The number of nitrogens with one attached hydrogen (secondary N) is 2. The molecule has 2 nitrogen and oxygen atoms in total. The smallest absolute Gasteiger partial charge is 0.0539 e. The molecule has 1 aromatic carbocycles. The highest BCUT2D eigenvalue weighted by Gasteiger charge is 2.26. The Labute approximate surface area is 112 Å². The Morgan fingerprint density at radius 1 is 1.22 bits per heavy atom. The molecule has 0 aromatic heterocycles. The van der Waals surface area contributed by atoms with Crippen LogP contribution in [0.2, 0.25) is 0 Å². The largest absolute Gasteiger partial charge is 0.321 e. The molecule has 0 fully saturated rings. The molecular formula is C16H28N2. The van der Waals surface area contributed by atoms with Gasteiger partial charge in [-0.1, -0.05) is 41.5 Å². The molecule has 0 amide bonds. The van der Waals surface area contributed by atoms with Crippen molar-refractivity contribution in [2.75, 3.05) is 5.43 Å². The van der Waals surface area contributed by atoms with Crippen molar-refractivity contribution in [2.24, 2.45) is 0 Å². The third kappa shape index (κ3) is 2.69. The van der Waals surface area contributed by atoms with Crippen LogP contribution in [0.5, 0.6) is 0 Å². The number of hydrogen-bond acceptors (Lipinski definition) is 2. The maximum Gasteiger partial charge on any atom is 0.0539 e. The standard InChI is InChI=1S/C14H22N2.C2H6/c1-6-10-9(2)7-12-11(8-15-16-12)13(10)14(3,4)5;1-2/h7,15-16H,6,8H2,1-5H3;1-2H3. The second-order valence-corrected chi connectivity index (χ2v) is 5.66. The lowest BCUT2D eigenvalue weighted by molar-refractivity contribution is 0.575. The van der Waals surface area contributed by atoms with Crippen LogP contribution in [-0.4, -0.2) is 0 Å². The summed E-state index contributed by atoms with van der Waals surface area (Å²) in [6.45, 7) is 16.3. The molecule has 1 heterocycles. The van der Waals surface area contributed by atoms with Crippen molar-refractivity contribution in [1.82, 2.24) is 5.43 Å². The van der Waals surface area contributed by atoms with Gasteiger partial charge in [0, 0.05) is 6.54 Å². The van der Waals surface area contributed by atoms with Gasteiger partial charge >= 0.3 is 0 Å². The van der Waals surface area contributed by atoms with Crippen LogP contribution in [0.3, 0.4) is 0 Å². The van der Waals surface area contributed by atoms with Crippen LogP contribution < -0.4 is 10.9 Å². The molecule has 2 heteroatoms. The van der Waals surface area contributed by atoms with E-state index < -0.39 is 0 Å². The summed E-state index contributed by atoms with van der Waals surface area (Å²) >= 11 is 0. The number of hydrogen-bond donors (Lipinski definition) is 2. The molecule has 2 rings (SSSR count). The van der Waals surface area contributed by atoms with Crippen molar-refractivity contribution in [3.63, 3.8) is 0 Å². The Balaban J connectivity index is 0.000000771. The SMILES string of the molecule is CC.CCc1c(C)cc2c(c1C(C)(C)C)CNN2. The zero-order valence-electron chi connectivity index (χ0n) is 13.0. The van der Waals surface area contributed by atoms with E-state index >= 15 is 0 Å². The van der Waals surface area contributed by atoms with E-state index in [2.05, 4.69) is 51.5 Å². The molecule has 0 atom stereocenters. The van der Waals surface area contributed by atoms with Crippen molar-refractivity contribution >= 4 is 5.69 Å². The van der Waals surface area contributed by atoms with Crippen LogP contribution >= 0.6 is 0 Å². The fraction of sp³-hybridized carbons (Fsp3) is 0.625. The van der Waals surface area contributed by atoms with Gasteiger partial charge in [-0.3, -0.25) is 0 Å². The second-order valence-electron chi connectivity index (χ2n) is 5.66. The second kappa shape index (κ2) is 5.75. The predicted molar refractivity (Wildman–Crippen MR) is 81.1 cm³/mol. The molecule has 18 heavy (non-hydrogen) atoms. The van der Waals surface area contributed by atoms with Gasteiger partial charge in [-0.15, -0.1) is 0 Å². The van der Waals surface area contributed by atoms with Gasteiger partial charge in [-0.2, -0.15) is 0 Å². The lowest BCUT2D eigenvalue weighted by Gasteiger charge is -2.27. The van der Waals surface area contributed by atoms with E-state index in [1.807, 2.05) is 13.8 Å². The van der Waals surface area contributed by atoms with Gasteiger partial charge in [-0.05, 0) is 47.1 Å². The number of fused-ring (bicyclic) bond motifs is 1. The van der Waals surface area contributed by atoms with Gasteiger partial charge in [0.1, 0.15) is 0 Å². The highest BCUT2D eigenvalue weighted by molar-refractivity contribution is 5.63. The molecule has 1 aliphatic heterocycles. The Kier molecular flexibility index (Phi) is 4.80. The highest BCUT2D eigenvalue weighted by atomic mass is 15.4. The molecule has 0 aliphatic carbocycles. The number of anilines is 1. The molecule has 0 saturated heterocycles. The minimum absolute atomic E-state index is 0.217. The lowest BCUT2D eigenvalue weighted by atomic mass is 9.78. The van der Waals surface area contributed by atoms with Gasteiger partial charge in [0.05, 0.1) is 5.69 Å². The van der Waals surface area contributed by atoms with Gasteiger partial charge in [0.15, 0.2) is 0 Å². The molecule has 0 radical (unpaired) electrons. The molecule has 0 unspecified atom stereocenters. The fourth-order valence-corrected chi connectivity index (χ4v) is 2.79. The maximum atomic E-state index is 3.25. The van der Waals surface area contributed by atoms with E-state index in [4.69, 9.17) is 0 Å². The summed E-state index contributed by atoms with van der Waals surface area (Å²) in [5, 5.41) is 0. The summed E-state index contributed by atoms with van der Waals surface area (Å²) in [5.41, 5.74) is 13.9. The van der Waals surface area contributed by atoms with Gasteiger partial charge in [0.25, 0.3) is 0 Å². The Morgan fingerprint density at radius 3 is 2.33 bits per heavy atom. The Hall–Kier alpha value is -1.02. The summed E-state index contributed by atoms with van der Waals surface area (Å²) in [5.74, 6) is 0. The quantitative estimate of drug-likeness (QED) is 0.774. The first-order valence-corrected chi connectivity index (χ1v) is 7.10. The van der Waals surface area contributed by atoms with Crippen LogP contribution in [0.25, 0.3) is 0 Å². The van der Waals surface area contributed by atoms with E-state index in [-0.39, 0.29) is 5.41 Å². The molecule has 0 spiro atoms. The Morgan fingerprint density at radius 2 is 1.83 bits per heavy atom. The van der Waals surface area contributed by atoms with Crippen LogP contribution in [0.4, 0.5) is 5.69 Å². The first-order valence-electron chi connectivity index (χ1n) is 7.10. The third-order valence-electron chi connectivity index (χ3n) is 3.36. The molecule has 1 aromatic rings. The van der Waals surface area contributed by atoms with Crippen molar-refractivity contribution in [1.29, 1.82) is 0 Å². The number of hydrazine groups is 1. The van der Waals surface area contributed by atoms with Crippen molar-refractivity contribution in [3.05, 3.63) is 28.3 Å². The van der Waals surface area contributed by atoms with Crippen LogP contribution in [0.1, 0.15) is 63.8 Å². The average Bonchev–Trinajstić information content (AvgIpc) is 2.75. The normalized spacial score (nSPS) is 13.5. The van der Waals surface area contributed by atoms with Crippen LogP contribution in [0.15, 0.2) is 6.07 Å². The summed E-state index contributed by atoms with van der Waals surface area (Å²) < 4.78 is 0. The van der Waals surface area contributed by atoms with Crippen molar-refractivity contribution < 1.29 is 0 Å². The van der Waals surface area contributed by atoms with Crippen molar-refractivity contribution in [2.45, 2.75) is 66.8 Å². The molecule has 0 bridgehead atoms. The zero-order valence-corrected chi connectivity index (χ0v) is 13.0. The van der Waals surface area contributed by atoms with Gasteiger partial charge < -0.3 is 5.43 Å². The first kappa shape index (κ1) is 15.0. The fourth-order valence-electron chi connectivity index (χ4n) is 2.79. The molecule has 0 saturated carbocycles. The monoisotopic (exact) mass is 248 g/mol. The zero-order chi connectivity index (χ0) is 13.9. The number of benzene rings is 1. The molecule has 102 valence electrons. The van der Waals surface area contributed by atoms with Crippen molar-refractivity contribution in [3.8, 4) is 0 Å². The van der Waals surface area contributed by atoms with Gasteiger partial charge in [0.2, 0.25) is 0 Å². The summed E-state index contributed by atoms with van der Waals surface area (Å²) in [6, 6.07) is 2.27. The first-order chi connectivity index (χ1) is 8.45. The molecule has 1 aliphatic rings. The number of rotatable bonds is 1. The maximum absolute atomic E-state index is 3.25. The minimum atomic E-state index is 0.217. The number of aryl methyl sites for hydroxylation is 1. The van der Waals surface area contributed by atoms with E-state index in [0.717, 1.165) is 13.0 Å². The third-order valence-corrected chi connectivity index (χ3v) is 3.36. The highest BCUT2D eigenvalue weighted by Crippen LogP contribution is 2.37. The predicted octanol–water partition coefficient (Wildman–Crippen LogP) is 4.31. The summed E-state index contributed by atoms with van der Waals surface area (Å²) in [6.07, 6.45) is 1.12. The van der Waals surface area contributed by atoms with Gasteiger partial charge in [-0.25, -0.2) is 5.43 Å². The van der Waals surface area contributed by atoms with Crippen LogP contribution in [0, 0.1) is 6.92 Å². The Bertz CT molecular complexity index is 410. The average molecular weight is 248 g/mol. The van der Waals surface area contributed by atoms with E-state index in [1.165, 1.54) is 27.9 Å². The van der Waals surface area contributed by atoms with E-state index in [0.29, 0.717) is 0 Å². The van der Waals surface area contributed by atoms with E-state index in [9.17, 15) is 0 Å². The molecular weight excluding hydrogens is 220 g/mol. The van der Waals surface area contributed by atoms with Crippen LogP contribution in [-0.2, 0) is 18.4 Å². The summed E-state index contributed by atoms with van der Waals surface area (Å²) in [7, 11) is 0. The van der Waals surface area contributed by atoms with E-state index in [1.54, 1.807) is 0 Å². The minimum Gasteiger partial charge on any atom is -0.321 e. The molecule has 2 N–H and O–H groups in total. The lowest BCUT2D eigenvalue weighted by Crippen LogP contribution is -2.18.